The Morgan fingerprint density at radius 2 is 2.16 bits per heavy atom. The van der Waals surface area contributed by atoms with Gasteiger partial charge in [0.05, 0.1) is 18.8 Å². The summed E-state index contributed by atoms with van der Waals surface area (Å²) < 4.78 is 36.9. The highest BCUT2D eigenvalue weighted by atomic mass is 32.2. The maximum Gasteiger partial charge on any atom is 0.274 e. The molecule has 0 amide bonds. The average Bonchev–Trinajstić information content (AvgIpc) is 2.96. The average molecular weight is 285 g/mol. The third-order valence-corrected chi connectivity index (χ3v) is 3.86. The fourth-order valence-corrected chi connectivity index (χ4v) is 2.67. The van der Waals surface area contributed by atoms with E-state index < -0.39 is 16.1 Å². The molecule has 8 heteroatoms. The lowest BCUT2D eigenvalue weighted by atomic mass is 10.4. The van der Waals surface area contributed by atoms with Gasteiger partial charge in [-0.15, -0.1) is 0 Å². The summed E-state index contributed by atoms with van der Waals surface area (Å²) in [6.45, 7) is 3.51. The topological polar surface area (TPSA) is 111 Å². The van der Waals surface area contributed by atoms with Crippen LogP contribution in [0.3, 0.4) is 0 Å². The molecule has 2 aromatic rings. The van der Waals surface area contributed by atoms with Gasteiger partial charge in [0.1, 0.15) is 11.5 Å². The van der Waals surface area contributed by atoms with Gasteiger partial charge in [0, 0.05) is 0 Å². The molecule has 1 unspecified atom stereocenters. The van der Waals surface area contributed by atoms with E-state index in [2.05, 4.69) is 9.71 Å². The van der Waals surface area contributed by atoms with Crippen molar-refractivity contribution in [3.8, 4) is 0 Å². The van der Waals surface area contributed by atoms with Crippen molar-refractivity contribution in [2.45, 2.75) is 31.5 Å². The number of hydrogen-bond acceptors (Lipinski definition) is 6. The molecular formula is C11H15N3O4S. The summed E-state index contributed by atoms with van der Waals surface area (Å²) in [6.07, 6.45) is 1.53. The zero-order chi connectivity index (χ0) is 14.0. The zero-order valence-corrected chi connectivity index (χ0v) is 11.4. The normalized spacial score (nSPS) is 13.6. The van der Waals surface area contributed by atoms with E-state index in [1.165, 1.54) is 18.3 Å². The van der Waals surface area contributed by atoms with E-state index in [1.54, 1.807) is 13.8 Å². The predicted octanol–water partition coefficient (Wildman–Crippen LogP) is 1.07. The first-order valence-electron chi connectivity index (χ1n) is 5.66. The molecule has 7 nitrogen and oxygen atoms in total. The van der Waals surface area contributed by atoms with Crippen molar-refractivity contribution in [3.63, 3.8) is 0 Å². The maximum atomic E-state index is 12.0. The molecule has 0 aliphatic rings. The van der Waals surface area contributed by atoms with Gasteiger partial charge in [-0.2, -0.15) is 4.72 Å². The Balaban J connectivity index is 2.17. The van der Waals surface area contributed by atoms with E-state index in [-0.39, 0.29) is 11.6 Å². The fraction of sp³-hybridized carbons (Fsp3) is 0.364. The summed E-state index contributed by atoms with van der Waals surface area (Å²) >= 11 is 0. The van der Waals surface area contributed by atoms with E-state index in [4.69, 9.17) is 14.6 Å². The number of rotatable bonds is 5. The first-order valence-corrected chi connectivity index (χ1v) is 7.14. The Labute approximate surface area is 110 Å². The van der Waals surface area contributed by atoms with E-state index >= 15 is 0 Å². The minimum Gasteiger partial charge on any atom is -0.447 e. The molecule has 104 valence electrons. The third kappa shape index (κ3) is 3.03. The second-order valence-corrected chi connectivity index (χ2v) is 5.72. The summed E-state index contributed by atoms with van der Waals surface area (Å²) in [5.74, 6) is 1.32. The smallest absolute Gasteiger partial charge is 0.274 e. The standard InChI is InChI=1S/C11H15N3O4S/c1-7-6-13-11(17-7)8(2)14-19(15,16)10-4-3-9(5-12)18-10/h3-4,6,8,14H,5,12H2,1-2H3. The van der Waals surface area contributed by atoms with Gasteiger partial charge in [-0.25, -0.2) is 13.4 Å². The van der Waals surface area contributed by atoms with Crippen LogP contribution in [-0.2, 0) is 16.6 Å². The number of aryl methyl sites for hydroxylation is 1. The molecule has 0 radical (unpaired) electrons. The van der Waals surface area contributed by atoms with E-state index in [9.17, 15) is 8.42 Å². The largest absolute Gasteiger partial charge is 0.447 e. The summed E-state index contributed by atoms with van der Waals surface area (Å²) in [5, 5.41) is -0.178. The molecule has 0 fully saturated rings. The summed E-state index contributed by atoms with van der Waals surface area (Å²) in [6, 6.07) is 2.29. The van der Waals surface area contributed by atoms with Crippen LogP contribution in [0.4, 0.5) is 0 Å². The third-order valence-electron chi connectivity index (χ3n) is 2.44. The van der Waals surface area contributed by atoms with Crippen molar-refractivity contribution in [1.29, 1.82) is 0 Å². The molecule has 2 heterocycles. The van der Waals surface area contributed by atoms with E-state index in [1.807, 2.05) is 0 Å². The molecule has 0 aliphatic carbocycles. The van der Waals surface area contributed by atoms with Crippen molar-refractivity contribution in [2.24, 2.45) is 5.73 Å². The number of nitrogens with one attached hydrogen (secondary N) is 1. The summed E-state index contributed by atoms with van der Waals surface area (Å²) in [5.41, 5.74) is 5.37. The van der Waals surface area contributed by atoms with Gasteiger partial charge in [0.2, 0.25) is 11.0 Å². The van der Waals surface area contributed by atoms with Crippen LogP contribution >= 0.6 is 0 Å². The molecular weight excluding hydrogens is 270 g/mol. The van der Waals surface area contributed by atoms with Crippen molar-refractivity contribution >= 4 is 10.0 Å². The highest BCUT2D eigenvalue weighted by Crippen LogP contribution is 2.18. The van der Waals surface area contributed by atoms with E-state index in [0.717, 1.165) is 0 Å². The number of furan rings is 1. The van der Waals surface area contributed by atoms with Crippen molar-refractivity contribution < 1.29 is 17.3 Å². The lowest BCUT2D eigenvalue weighted by molar-refractivity contribution is 0.400. The summed E-state index contributed by atoms with van der Waals surface area (Å²) in [4.78, 5) is 3.97. The van der Waals surface area contributed by atoms with Crippen LogP contribution in [0.1, 0.15) is 30.4 Å². The van der Waals surface area contributed by atoms with Crippen molar-refractivity contribution in [1.82, 2.24) is 9.71 Å². The molecule has 1 atom stereocenters. The molecule has 3 N–H and O–H groups in total. The van der Waals surface area contributed by atoms with E-state index in [0.29, 0.717) is 17.4 Å². The van der Waals surface area contributed by atoms with Gasteiger partial charge in [-0.05, 0) is 26.0 Å². The van der Waals surface area contributed by atoms with Gasteiger partial charge >= 0.3 is 0 Å². The van der Waals surface area contributed by atoms with Gasteiger partial charge in [-0.3, -0.25) is 0 Å². The quantitative estimate of drug-likeness (QED) is 0.850. The number of nitrogens with two attached hydrogens (primary N) is 1. The second kappa shape index (κ2) is 5.16. The number of oxazole rings is 1. The molecule has 0 saturated carbocycles. The fourth-order valence-electron chi connectivity index (χ4n) is 1.53. The zero-order valence-electron chi connectivity index (χ0n) is 10.6. The Morgan fingerprint density at radius 1 is 1.42 bits per heavy atom. The molecule has 0 spiro atoms. The minimum absolute atomic E-state index is 0.143. The molecule has 0 aromatic carbocycles. The highest BCUT2D eigenvalue weighted by Gasteiger charge is 2.24. The van der Waals surface area contributed by atoms with Gasteiger partial charge in [-0.1, -0.05) is 0 Å². The number of hydrogen-bond donors (Lipinski definition) is 2. The van der Waals surface area contributed by atoms with Crippen LogP contribution < -0.4 is 10.5 Å². The van der Waals surface area contributed by atoms with Gasteiger partial charge < -0.3 is 14.6 Å². The van der Waals surface area contributed by atoms with Gasteiger partial charge in [0.15, 0.2) is 0 Å². The van der Waals surface area contributed by atoms with Crippen LogP contribution in [0.2, 0.25) is 0 Å². The molecule has 2 rings (SSSR count). The Kier molecular flexibility index (Phi) is 3.74. The first-order chi connectivity index (χ1) is 8.92. The Morgan fingerprint density at radius 3 is 2.68 bits per heavy atom. The number of aromatic nitrogens is 1. The van der Waals surface area contributed by atoms with Crippen LogP contribution in [0.15, 0.2) is 32.3 Å². The lowest BCUT2D eigenvalue weighted by Crippen LogP contribution is -2.26. The molecule has 0 bridgehead atoms. The summed E-state index contributed by atoms with van der Waals surface area (Å²) in [7, 11) is -3.76. The first kappa shape index (κ1) is 13.8. The second-order valence-electron chi connectivity index (χ2n) is 4.08. The highest BCUT2D eigenvalue weighted by molar-refractivity contribution is 7.89. The number of sulfonamides is 1. The van der Waals surface area contributed by atoms with Crippen molar-refractivity contribution in [2.75, 3.05) is 0 Å². The van der Waals surface area contributed by atoms with Crippen molar-refractivity contribution in [3.05, 3.63) is 35.7 Å². The Bertz CT molecular complexity index is 659. The Hall–Kier alpha value is -1.64. The predicted molar refractivity (Wildman–Crippen MR) is 66.6 cm³/mol. The molecule has 0 aliphatic heterocycles. The van der Waals surface area contributed by atoms with Crippen LogP contribution in [0, 0.1) is 6.92 Å². The van der Waals surface area contributed by atoms with Gasteiger partial charge in [0.25, 0.3) is 10.0 Å². The number of nitrogens with zero attached hydrogens (tertiary/aromatic N) is 1. The molecule has 0 saturated heterocycles. The molecule has 2 aromatic heterocycles. The SMILES string of the molecule is Cc1cnc(C(C)NS(=O)(=O)c2ccc(CN)o2)o1. The van der Waals surface area contributed by atoms with Crippen LogP contribution in [-0.4, -0.2) is 13.4 Å². The molecule has 19 heavy (non-hydrogen) atoms. The minimum atomic E-state index is -3.76. The van der Waals surface area contributed by atoms with Crippen LogP contribution in [0.5, 0.6) is 0 Å². The van der Waals surface area contributed by atoms with Crippen LogP contribution in [0.25, 0.3) is 0 Å². The monoisotopic (exact) mass is 285 g/mol. The lowest BCUT2D eigenvalue weighted by Gasteiger charge is -2.09. The maximum absolute atomic E-state index is 12.0.